The van der Waals surface area contributed by atoms with Crippen molar-refractivity contribution in [2.24, 2.45) is 5.92 Å². The molecule has 10 heteroatoms. The Bertz CT molecular complexity index is 713. The van der Waals surface area contributed by atoms with E-state index in [4.69, 9.17) is 0 Å². The fraction of sp³-hybridized carbons (Fsp3) is 0.462. The zero-order chi connectivity index (χ0) is 17.4. The van der Waals surface area contributed by atoms with E-state index >= 15 is 0 Å². The number of piperidine rings is 1. The fourth-order valence-electron chi connectivity index (χ4n) is 2.37. The number of halogens is 4. The fourth-order valence-corrected chi connectivity index (χ4v) is 3.28. The van der Waals surface area contributed by atoms with Crippen LogP contribution in [0.2, 0.25) is 0 Å². The highest BCUT2D eigenvalue weighted by molar-refractivity contribution is 7.88. The molecule has 1 N–H and O–H groups in total. The Morgan fingerprint density at radius 1 is 1.22 bits per heavy atom. The molecule has 2 rings (SSSR count). The van der Waals surface area contributed by atoms with Gasteiger partial charge in [-0.3, -0.25) is 4.79 Å². The van der Waals surface area contributed by atoms with Crippen LogP contribution < -0.4 is 5.32 Å². The van der Waals surface area contributed by atoms with Crippen molar-refractivity contribution in [2.45, 2.75) is 12.8 Å². The number of nitrogens with one attached hydrogen (secondary N) is 1. The topological polar surface area (TPSA) is 66.5 Å². The van der Waals surface area contributed by atoms with Crippen LogP contribution in [0.25, 0.3) is 0 Å². The van der Waals surface area contributed by atoms with Crippen molar-refractivity contribution in [1.82, 2.24) is 4.31 Å². The molecule has 1 atom stereocenters. The first-order valence-corrected chi connectivity index (χ1v) is 8.55. The van der Waals surface area contributed by atoms with Crippen LogP contribution in [-0.2, 0) is 14.8 Å². The first-order chi connectivity index (χ1) is 10.6. The van der Waals surface area contributed by atoms with Crippen LogP contribution in [-0.4, -0.2) is 38.0 Å². The van der Waals surface area contributed by atoms with Gasteiger partial charge in [0.05, 0.1) is 12.2 Å². The number of benzene rings is 1. The van der Waals surface area contributed by atoms with Gasteiger partial charge in [-0.05, 0) is 12.8 Å². The molecule has 0 bridgehead atoms. The first-order valence-electron chi connectivity index (χ1n) is 6.70. The molecule has 0 unspecified atom stereocenters. The van der Waals surface area contributed by atoms with Crippen molar-refractivity contribution >= 4 is 21.6 Å². The van der Waals surface area contributed by atoms with Crippen LogP contribution in [0.4, 0.5) is 23.2 Å². The minimum atomic E-state index is -3.51. The second-order valence-electron chi connectivity index (χ2n) is 5.29. The zero-order valence-corrected chi connectivity index (χ0v) is 12.9. The molecule has 5 nitrogen and oxygen atoms in total. The van der Waals surface area contributed by atoms with E-state index < -0.39 is 50.8 Å². The van der Waals surface area contributed by atoms with Crippen LogP contribution in [0, 0.1) is 29.2 Å². The van der Waals surface area contributed by atoms with Crippen molar-refractivity contribution in [3.05, 3.63) is 29.3 Å². The molecule has 1 heterocycles. The first kappa shape index (κ1) is 17.7. The van der Waals surface area contributed by atoms with E-state index in [1.165, 1.54) is 0 Å². The quantitative estimate of drug-likeness (QED) is 0.666. The van der Waals surface area contributed by atoms with Gasteiger partial charge in [-0.15, -0.1) is 0 Å². The smallest absolute Gasteiger partial charge is 0.228 e. The van der Waals surface area contributed by atoms with Crippen molar-refractivity contribution in [3.63, 3.8) is 0 Å². The van der Waals surface area contributed by atoms with Gasteiger partial charge in [0.15, 0.2) is 23.3 Å². The highest BCUT2D eigenvalue weighted by Gasteiger charge is 2.31. The molecule has 1 saturated heterocycles. The van der Waals surface area contributed by atoms with Gasteiger partial charge in [0.1, 0.15) is 5.69 Å². The highest BCUT2D eigenvalue weighted by atomic mass is 32.2. The third kappa shape index (κ3) is 3.81. The standard InChI is InChI=1S/C13H14F4N2O3S/c1-23(21,22)19-4-2-3-7(6-19)13(20)18-12-10(16)8(14)5-9(15)11(12)17/h5,7H,2-4,6H2,1H3,(H,18,20)/t7-/m0/s1. The van der Waals surface area contributed by atoms with E-state index in [1.54, 1.807) is 0 Å². The minimum Gasteiger partial charge on any atom is -0.321 e. The normalized spacial score (nSPS) is 19.6. The Kier molecular flexibility index (Phi) is 4.95. The maximum Gasteiger partial charge on any atom is 0.228 e. The molecule has 0 aromatic heterocycles. The summed E-state index contributed by atoms with van der Waals surface area (Å²) in [5.74, 6) is -8.48. The summed E-state index contributed by atoms with van der Waals surface area (Å²) in [4.78, 5) is 12.1. The lowest BCUT2D eigenvalue weighted by Crippen LogP contribution is -2.43. The van der Waals surface area contributed by atoms with Crippen LogP contribution in [0.15, 0.2) is 6.07 Å². The van der Waals surface area contributed by atoms with Crippen LogP contribution in [0.5, 0.6) is 0 Å². The van der Waals surface area contributed by atoms with E-state index in [-0.39, 0.29) is 19.2 Å². The summed E-state index contributed by atoms with van der Waals surface area (Å²) in [5.41, 5.74) is -1.22. The molecule has 23 heavy (non-hydrogen) atoms. The summed E-state index contributed by atoms with van der Waals surface area (Å²) in [7, 11) is -3.51. The Hall–Kier alpha value is -1.68. The molecule has 0 saturated carbocycles. The Morgan fingerprint density at radius 3 is 2.30 bits per heavy atom. The number of amides is 1. The number of carbonyl (C=O) groups is 1. The van der Waals surface area contributed by atoms with E-state index in [0.29, 0.717) is 12.8 Å². The molecule has 1 aromatic rings. The highest BCUT2D eigenvalue weighted by Crippen LogP contribution is 2.26. The predicted octanol–water partition coefficient (Wildman–Crippen LogP) is 1.85. The number of carbonyl (C=O) groups excluding carboxylic acids is 1. The largest absolute Gasteiger partial charge is 0.321 e. The average molecular weight is 354 g/mol. The van der Waals surface area contributed by atoms with Crippen molar-refractivity contribution in [2.75, 3.05) is 24.7 Å². The third-order valence-corrected chi connectivity index (χ3v) is 4.85. The second-order valence-corrected chi connectivity index (χ2v) is 7.28. The third-order valence-electron chi connectivity index (χ3n) is 3.58. The summed E-state index contributed by atoms with van der Waals surface area (Å²) in [6.45, 7) is 0.0750. The molecule has 1 amide bonds. The van der Waals surface area contributed by atoms with Gasteiger partial charge in [0.25, 0.3) is 0 Å². The SMILES string of the molecule is CS(=O)(=O)N1CCC[C@H](C(=O)Nc2c(F)c(F)cc(F)c2F)C1. The number of hydrogen-bond acceptors (Lipinski definition) is 3. The van der Waals surface area contributed by atoms with E-state index in [9.17, 15) is 30.8 Å². The lowest BCUT2D eigenvalue weighted by atomic mass is 9.98. The lowest BCUT2D eigenvalue weighted by Gasteiger charge is -2.30. The van der Waals surface area contributed by atoms with Crippen molar-refractivity contribution < 1.29 is 30.8 Å². The summed E-state index contributed by atoms with van der Waals surface area (Å²) < 4.78 is 77.3. The summed E-state index contributed by atoms with van der Waals surface area (Å²) in [6.07, 6.45) is 1.65. The van der Waals surface area contributed by atoms with Gasteiger partial charge >= 0.3 is 0 Å². The van der Waals surface area contributed by atoms with Crippen LogP contribution in [0.3, 0.4) is 0 Å². The van der Waals surface area contributed by atoms with Gasteiger partial charge in [-0.2, -0.15) is 0 Å². The summed E-state index contributed by atoms with van der Waals surface area (Å²) >= 11 is 0. The number of rotatable bonds is 3. The molecule has 0 radical (unpaired) electrons. The summed E-state index contributed by atoms with van der Waals surface area (Å²) in [6, 6.07) is 0.0341. The Labute approximate surface area is 130 Å². The number of sulfonamides is 1. The summed E-state index contributed by atoms with van der Waals surface area (Å²) in [5, 5.41) is 1.81. The van der Waals surface area contributed by atoms with Gasteiger partial charge in [0.2, 0.25) is 15.9 Å². The van der Waals surface area contributed by atoms with Gasteiger partial charge < -0.3 is 5.32 Å². The maximum absolute atomic E-state index is 13.5. The number of hydrogen-bond donors (Lipinski definition) is 1. The zero-order valence-electron chi connectivity index (χ0n) is 12.1. The lowest BCUT2D eigenvalue weighted by molar-refractivity contribution is -0.120. The average Bonchev–Trinajstić information content (AvgIpc) is 2.48. The molecular formula is C13H14F4N2O3S. The maximum atomic E-state index is 13.5. The van der Waals surface area contributed by atoms with E-state index in [0.717, 1.165) is 10.6 Å². The molecule has 128 valence electrons. The predicted molar refractivity (Wildman–Crippen MR) is 74.0 cm³/mol. The molecular weight excluding hydrogens is 340 g/mol. The Morgan fingerprint density at radius 2 is 1.78 bits per heavy atom. The van der Waals surface area contributed by atoms with E-state index in [1.807, 2.05) is 5.32 Å². The van der Waals surface area contributed by atoms with Crippen LogP contribution in [0.1, 0.15) is 12.8 Å². The van der Waals surface area contributed by atoms with Crippen molar-refractivity contribution in [3.8, 4) is 0 Å². The van der Waals surface area contributed by atoms with E-state index in [2.05, 4.69) is 0 Å². The van der Waals surface area contributed by atoms with Crippen molar-refractivity contribution in [1.29, 1.82) is 0 Å². The minimum absolute atomic E-state index is 0.0341. The molecule has 1 fully saturated rings. The molecule has 1 aliphatic heterocycles. The molecule has 1 aromatic carbocycles. The molecule has 0 aliphatic carbocycles. The van der Waals surface area contributed by atoms with Gasteiger partial charge in [-0.1, -0.05) is 0 Å². The van der Waals surface area contributed by atoms with Gasteiger partial charge in [0, 0.05) is 19.2 Å². The second kappa shape index (κ2) is 6.44. The number of anilines is 1. The van der Waals surface area contributed by atoms with Crippen LogP contribution >= 0.6 is 0 Å². The Balaban J connectivity index is 2.20. The molecule has 0 spiro atoms. The number of nitrogens with zero attached hydrogens (tertiary/aromatic N) is 1. The monoisotopic (exact) mass is 354 g/mol. The van der Waals surface area contributed by atoms with Gasteiger partial charge in [-0.25, -0.2) is 30.3 Å². The molecule has 1 aliphatic rings.